The van der Waals surface area contributed by atoms with Crippen LogP contribution in [0.3, 0.4) is 0 Å². The third-order valence-corrected chi connectivity index (χ3v) is 7.96. The van der Waals surface area contributed by atoms with Crippen molar-refractivity contribution < 1.29 is 19.4 Å². The molecule has 0 saturated carbocycles. The number of carbonyl (C=O) groups excluding carboxylic acids is 1. The molecule has 3 aromatic carbocycles. The Balaban J connectivity index is 1.38. The second kappa shape index (κ2) is 13.3. The van der Waals surface area contributed by atoms with Gasteiger partial charge in [-0.15, -0.1) is 11.8 Å². The Morgan fingerprint density at radius 3 is 2.51 bits per heavy atom. The molecule has 2 N–H and O–H groups in total. The number of carbonyl (C=O) groups is 1. The number of benzene rings is 3. The van der Waals surface area contributed by atoms with E-state index in [0.717, 1.165) is 43.7 Å². The lowest BCUT2D eigenvalue weighted by atomic mass is 9.94. The van der Waals surface area contributed by atoms with E-state index in [1.165, 1.54) is 0 Å². The molecule has 7 heteroatoms. The molecule has 3 atom stereocenters. The average molecular weight is 540 g/mol. The van der Waals surface area contributed by atoms with E-state index in [2.05, 4.69) is 23.5 Å². The van der Waals surface area contributed by atoms with Crippen LogP contribution >= 0.6 is 23.4 Å². The molecule has 1 aliphatic rings. The first-order valence-electron chi connectivity index (χ1n) is 12.7. The molecule has 1 heterocycles. The zero-order valence-corrected chi connectivity index (χ0v) is 22.9. The molecule has 37 heavy (non-hydrogen) atoms. The van der Waals surface area contributed by atoms with Crippen molar-refractivity contribution in [3.8, 4) is 5.75 Å². The average Bonchev–Trinajstić information content (AvgIpc) is 2.90. The SMILES string of the molecule is CCOc1ccc(Cc2cc(C3CC(O)CC(CSc4ccc(CC(=O)NC)cc4)O3)ccc2Cl)cc1. The smallest absolute Gasteiger partial charge is 0.224 e. The summed E-state index contributed by atoms with van der Waals surface area (Å²) in [6.07, 6.45) is 1.62. The maximum Gasteiger partial charge on any atom is 0.224 e. The van der Waals surface area contributed by atoms with E-state index in [9.17, 15) is 9.90 Å². The van der Waals surface area contributed by atoms with E-state index in [0.29, 0.717) is 32.3 Å². The van der Waals surface area contributed by atoms with Gasteiger partial charge >= 0.3 is 0 Å². The molecule has 1 fully saturated rings. The van der Waals surface area contributed by atoms with Crippen LogP contribution in [0.25, 0.3) is 0 Å². The van der Waals surface area contributed by atoms with Gasteiger partial charge in [0, 0.05) is 35.6 Å². The summed E-state index contributed by atoms with van der Waals surface area (Å²) in [5.74, 6) is 1.61. The van der Waals surface area contributed by atoms with Gasteiger partial charge in [-0.3, -0.25) is 4.79 Å². The van der Waals surface area contributed by atoms with Gasteiger partial charge in [0.05, 0.1) is 31.3 Å². The first kappa shape index (κ1) is 27.5. The Morgan fingerprint density at radius 2 is 1.81 bits per heavy atom. The Kier molecular flexibility index (Phi) is 9.92. The minimum atomic E-state index is -0.412. The number of aliphatic hydroxyl groups excluding tert-OH is 1. The number of halogens is 1. The Bertz CT molecular complexity index is 1170. The standard InChI is InChI=1S/C30H34ClNO4S/c1-3-35-25-9-4-20(5-10-25)14-23-16-22(8-13-28(23)31)29-18-24(33)17-26(36-29)19-37-27-11-6-21(7-12-27)15-30(34)32-2/h4-13,16,24,26,29,33H,3,14-15,17-19H2,1-2H3,(H,32,34). The zero-order valence-electron chi connectivity index (χ0n) is 21.3. The highest BCUT2D eigenvalue weighted by Gasteiger charge is 2.29. The molecule has 0 spiro atoms. The number of aliphatic hydroxyl groups is 1. The number of hydrogen-bond acceptors (Lipinski definition) is 5. The van der Waals surface area contributed by atoms with Crippen molar-refractivity contribution in [3.05, 3.63) is 94.0 Å². The van der Waals surface area contributed by atoms with Crippen molar-refractivity contribution in [3.63, 3.8) is 0 Å². The number of amides is 1. The van der Waals surface area contributed by atoms with Gasteiger partial charge in [0.15, 0.2) is 0 Å². The quantitative estimate of drug-likeness (QED) is 0.310. The molecule has 5 nitrogen and oxygen atoms in total. The van der Waals surface area contributed by atoms with Gasteiger partial charge in [-0.2, -0.15) is 0 Å². The van der Waals surface area contributed by atoms with Crippen molar-refractivity contribution in [1.29, 1.82) is 0 Å². The van der Waals surface area contributed by atoms with Crippen molar-refractivity contribution in [1.82, 2.24) is 5.32 Å². The topological polar surface area (TPSA) is 67.8 Å². The van der Waals surface area contributed by atoms with Crippen molar-refractivity contribution >= 4 is 29.3 Å². The van der Waals surface area contributed by atoms with Crippen LogP contribution in [0.5, 0.6) is 5.75 Å². The summed E-state index contributed by atoms with van der Waals surface area (Å²) >= 11 is 8.25. The lowest BCUT2D eigenvalue weighted by molar-refractivity contribution is -0.119. The first-order valence-corrected chi connectivity index (χ1v) is 14.1. The van der Waals surface area contributed by atoms with Gasteiger partial charge in [-0.05, 0) is 65.9 Å². The van der Waals surface area contributed by atoms with E-state index < -0.39 is 6.10 Å². The van der Waals surface area contributed by atoms with E-state index in [4.69, 9.17) is 21.1 Å². The van der Waals surface area contributed by atoms with Crippen LogP contribution in [0.4, 0.5) is 0 Å². The molecule has 0 aromatic heterocycles. The molecule has 1 saturated heterocycles. The van der Waals surface area contributed by atoms with E-state index in [1.807, 2.05) is 55.5 Å². The summed E-state index contributed by atoms with van der Waals surface area (Å²) in [5, 5.41) is 14.0. The normalized spacial score (nSPS) is 19.4. The second-order valence-electron chi connectivity index (χ2n) is 9.28. The summed E-state index contributed by atoms with van der Waals surface area (Å²) in [7, 11) is 1.64. The monoisotopic (exact) mass is 539 g/mol. The number of rotatable bonds is 10. The summed E-state index contributed by atoms with van der Waals surface area (Å²) in [6.45, 7) is 2.62. The highest BCUT2D eigenvalue weighted by molar-refractivity contribution is 7.99. The summed E-state index contributed by atoms with van der Waals surface area (Å²) in [6, 6.07) is 22.2. The second-order valence-corrected chi connectivity index (χ2v) is 10.8. The van der Waals surface area contributed by atoms with Crippen LogP contribution in [-0.2, 0) is 22.4 Å². The van der Waals surface area contributed by atoms with Gasteiger partial charge in [-0.25, -0.2) is 0 Å². The number of thioether (sulfide) groups is 1. The molecule has 196 valence electrons. The van der Waals surface area contributed by atoms with Crippen LogP contribution in [-0.4, -0.2) is 42.6 Å². The number of likely N-dealkylation sites (N-methyl/N-ethyl adjacent to an activating group) is 1. The van der Waals surface area contributed by atoms with E-state index in [1.54, 1.807) is 18.8 Å². The fraction of sp³-hybridized carbons (Fsp3) is 0.367. The van der Waals surface area contributed by atoms with Crippen LogP contribution in [0.1, 0.15) is 48.1 Å². The minimum absolute atomic E-state index is 0.000810. The van der Waals surface area contributed by atoms with E-state index in [-0.39, 0.29) is 18.1 Å². The minimum Gasteiger partial charge on any atom is -0.494 e. The van der Waals surface area contributed by atoms with E-state index >= 15 is 0 Å². The van der Waals surface area contributed by atoms with Crippen molar-refractivity contribution in [2.24, 2.45) is 0 Å². The van der Waals surface area contributed by atoms with Crippen LogP contribution in [0, 0.1) is 0 Å². The highest BCUT2D eigenvalue weighted by atomic mass is 35.5. The molecule has 0 radical (unpaired) electrons. The predicted molar refractivity (Wildman–Crippen MR) is 150 cm³/mol. The molecular formula is C30H34ClNO4S. The molecule has 1 aliphatic heterocycles. The van der Waals surface area contributed by atoms with Crippen LogP contribution in [0.15, 0.2) is 71.6 Å². The largest absolute Gasteiger partial charge is 0.494 e. The lowest BCUT2D eigenvalue weighted by Gasteiger charge is -2.33. The Hall–Kier alpha value is -2.51. The Morgan fingerprint density at radius 1 is 1.08 bits per heavy atom. The van der Waals surface area contributed by atoms with Gasteiger partial charge in [0.2, 0.25) is 5.91 Å². The summed E-state index contributed by atoms with van der Waals surface area (Å²) in [4.78, 5) is 12.7. The number of ether oxygens (including phenoxy) is 2. The maximum absolute atomic E-state index is 11.6. The molecule has 4 rings (SSSR count). The highest BCUT2D eigenvalue weighted by Crippen LogP contribution is 2.35. The molecule has 0 bridgehead atoms. The number of hydrogen-bond donors (Lipinski definition) is 2. The fourth-order valence-electron chi connectivity index (χ4n) is 4.50. The van der Waals surface area contributed by atoms with Crippen LogP contribution in [0.2, 0.25) is 5.02 Å². The first-order chi connectivity index (χ1) is 17.9. The van der Waals surface area contributed by atoms with Crippen molar-refractivity contribution in [2.75, 3.05) is 19.4 Å². The third kappa shape index (κ3) is 7.99. The Labute approximate surface area is 228 Å². The molecule has 1 amide bonds. The van der Waals surface area contributed by atoms with Gasteiger partial charge in [0.1, 0.15) is 5.75 Å². The van der Waals surface area contributed by atoms with Gasteiger partial charge in [-0.1, -0.05) is 48.0 Å². The fourth-order valence-corrected chi connectivity index (χ4v) is 5.61. The van der Waals surface area contributed by atoms with Crippen LogP contribution < -0.4 is 10.1 Å². The zero-order chi connectivity index (χ0) is 26.2. The predicted octanol–water partition coefficient (Wildman–Crippen LogP) is 5.99. The van der Waals surface area contributed by atoms with Gasteiger partial charge in [0.25, 0.3) is 0 Å². The molecule has 3 unspecified atom stereocenters. The van der Waals surface area contributed by atoms with Crippen molar-refractivity contribution in [2.45, 2.75) is 55.8 Å². The molecule has 3 aromatic rings. The third-order valence-electron chi connectivity index (χ3n) is 6.45. The summed E-state index contributed by atoms with van der Waals surface area (Å²) < 4.78 is 12.0. The molecule has 0 aliphatic carbocycles. The number of nitrogens with one attached hydrogen (secondary N) is 1. The lowest BCUT2D eigenvalue weighted by Crippen LogP contribution is -2.32. The summed E-state index contributed by atoms with van der Waals surface area (Å²) in [5.41, 5.74) is 4.21. The maximum atomic E-state index is 11.6. The van der Waals surface area contributed by atoms with Gasteiger partial charge < -0.3 is 19.9 Å². The molecular weight excluding hydrogens is 506 g/mol.